The third-order valence-electron chi connectivity index (χ3n) is 1.23. The molecule has 11 heavy (non-hydrogen) atoms. The zero-order valence-corrected chi connectivity index (χ0v) is 6.76. The van der Waals surface area contributed by atoms with Crippen LogP contribution in [0.3, 0.4) is 0 Å². The van der Waals surface area contributed by atoms with Gasteiger partial charge in [-0.15, -0.1) is 0 Å². The van der Waals surface area contributed by atoms with Crippen molar-refractivity contribution in [1.82, 2.24) is 4.37 Å². The molecule has 1 rings (SSSR count). The van der Waals surface area contributed by atoms with E-state index in [0.717, 1.165) is 4.88 Å². The maximum atomic E-state index is 10.3. The molecule has 3 N–H and O–H groups in total. The lowest BCUT2D eigenvalue weighted by Gasteiger charge is -1.99. The first-order valence-corrected chi connectivity index (χ1v) is 3.80. The second-order valence-electron chi connectivity index (χ2n) is 2.18. The Bertz CT molecular complexity index is 271. The smallest absolute Gasteiger partial charge is 0.326 e. The molecule has 0 aromatic carbocycles. The van der Waals surface area contributed by atoms with Crippen molar-refractivity contribution >= 4 is 17.5 Å². The van der Waals surface area contributed by atoms with Crippen molar-refractivity contribution in [3.8, 4) is 0 Å². The monoisotopic (exact) mass is 172 g/mol. The summed E-state index contributed by atoms with van der Waals surface area (Å²) in [6, 6.07) is 0.698. The van der Waals surface area contributed by atoms with Crippen molar-refractivity contribution in [2.24, 2.45) is 5.73 Å². The molecule has 1 aromatic heterocycles. The lowest BCUT2D eigenvalue weighted by atomic mass is 10.2. The number of hydrogen-bond acceptors (Lipinski definition) is 4. The first-order valence-electron chi connectivity index (χ1n) is 3.03. The summed E-state index contributed by atoms with van der Waals surface area (Å²) in [7, 11) is 0. The molecule has 1 heterocycles. The van der Waals surface area contributed by atoms with Gasteiger partial charge in [-0.3, -0.25) is 4.79 Å². The Morgan fingerprint density at radius 1 is 1.91 bits per heavy atom. The van der Waals surface area contributed by atoms with Gasteiger partial charge >= 0.3 is 5.97 Å². The number of nitrogens with two attached hydrogens (primary N) is 1. The van der Waals surface area contributed by atoms with E-state index in [2.05, 4.69) is 4.37 Å². The summed E-state index contributed by atoms with van der Waals surface area (Å²) in [5.41, 5.74) is 5.73. The number of aromatic nitrogens is 1. The fourth-order valence-electron chi connectivity index (χ4n) is 0.659. The van der Waals surface area contributed by atoms with Crippen molar-refractivity contribution in [3.05, 3.63) is 16.6 Å². The average Bonchev–Trinajstić information content (AvgIpc) is 2.34. The normalized spacial score (nSPS) is 12.9. The van der Waals surface area contributed by atoms with Crippen LogP contribution in [0.4, 0.5) is 0 Å². The lowest BCUT2D eigenvalue weighted by Crippen LogP contribution is -2.20. The molecule has 5 heteroatoms. The molecule has 0 aliphatic rings. The van der Waals surface area contributed by atoms with Gasteiger partial charge < -0.3 is 10.8 Å². The summed E-state index contributed by atoms with van der Waals surface area (Å²) in [6.45, 7) is 1.86. The highest BCUT2D eigenvalue weighted by molar-refractivity contribution is 7.05. The SMILES string of the molecule is Cc1cc(C(N)C(=O)O)ns1. The number of hydrogen-bond donors (Lipinski definition) is 2. The Morgan fingerprint density at radius 2 is 2.55 bits per heavy atom. The molecule has 1 aromatic rings. The molecular weight excluding hydrogens is 164 g/mol. The first kappa shape index (κ1) is 8.16. The van der Waals surface area contributed by atoms with Gasteiger partial charge in [-0.1, -0.05) is 0 Å². The third-order valence-corrected chi connectivity index (χ3v) is 1.94. The number of nitrogens with zero attached hydrogens (tertiary/aromatic N) is 1. The molecule has 0 radical (unpaired) electrons. The molecule has 1 atom stereocenters. The predicted octanol–water partition coefficient (Wildman–Crippen LogP) is 0.536. The number of carboxylic acid groups (broad SMARTS) is 1. The van der Waals surface area contributed by atoms with E-state index >= 15 is 0 Å². The van der Waals surface area contributed by atoms with Gasteiger partial charge in [0, 0.05) is 4.88 Å². The molecule has 0 saturated heterocycles. The maximum Gasteiger partial charge on any atom is 0.326 e. The van der Waals surface area contributed by atoms with E-state index in [4.69, 9.17) is 10.8 Å². The van der Waals surface area contributed by atoms with Gasteiger partial charge in [-0.25, -0.2) is 0 Å². The van der Waals surface area contributed by atoms with Gasteiger partial charge in [0.15, 0.2) is 0 Å². The van der Waals surface area contributed by atoms with E-state index in [0.29, 0.717) is 5.69 Å². The van der Waals surface area contributed by atoms with Crippen LogP contribution in [0.15, 0.2) is 6.07 Å². The number of carboxylic acids is 1. The van der Waals surface area contributed by atoms with Crippen LogP contribution in [-0.4, -0.2) is 15.4 Å². The van der Waals surface area contributed by atoms with Crippen LogP contribution in [0.1, 0.15) is 16.6 Å². The van der Waals surface area contributed by atoms with E-state index in [1.807, 2.05) is 6.92 Å². The second kappa shape index (κ2) is 2.98. The zero-order valence-electron chi connectivity index (χ0n) is 5.94. The topological polar surface area (TPSA) is 76.2 Å². The summed E-state index contributed by atoms with van der Waals surface area (Å²) < 4.78 is 3.87. The van der Waals surface area contributed by atoms with Crippen molar-refractivity contribution in [2.75, 3.05) is 0 Å². The molecule has 0 saturated carbocycles. The van der Waals surface area contributed by atoms with Crippen molar-refractivity contribution in [1.29, 1.82) is 0 Å². The fraction of sp³-hybridized carbons (Fsp3) is 0.333. The molecule has 4 nitrogen and oxygen atoms in total. The van der Waals surface area contributed by atoms with Crippen LogP contribution in [-0.2, 0) is 4.79 Å². The van der Waals surface area contributed by atoms with E-state index < -0.39 is 12.0 Å². The minimum atomic E-state index is -1.05. The van der Waals surface area contributed by atoms with Crippen LogP contribution in [0.2, 0.25) is 0 Å². The second-order valence-corrected chi connectivity index (χ2v) is 3.19. The Balaban J connectivity index is 2.84. The number of rotatable bonds is 2. The van der Waals surface area contributed by atoms with Crippen LogP contribution in [0, 0.1) is 6.92 Å². The van der Waals surface area contributed by atoms with Crippen LogP contribution >= 0.6 is 11.5 Å². The number of aryl methyl sites for hydroxylation is 1. The van der Waals surface area contributed by atoms with E-state index in [1.54, 1.807) is 6.07 Å². The van der Waals surface area contributed by atoms with Gasteiger partial charge in [-0.2, -0.15) is 4.37 Å². The van der Waals surface area contributed by atoms with Crippen molar-refractivity contribution in [2.45, 2.75) is 13.0 Å². The summed E-state index contributed by atoms with van der Waals surface area (Å²) >= 11 is 1.26. The molecule has 0 spiro atoms. The van der Waals surface area contributed by atoms with Gasteiger partial charge in [0.1, 0.15) is 6.04 Å². The Labute approximate surface area is 67.8 Å². The highest BCUT2D eigenvalue weighted by atomic mass is 32.1. The highest BCUT2D eigenvalue weighted by Gasteiger charge is 2.16. The van der Waals surface area contributed by atoms with Gasteiger partial charge in [0.2, 0.25) is 0 Å². The summed E-state index contributed by atoms with van der Waals surface area (Å²) in [6.07, 6.45) is 0. The minimum Gasteiger partial charge on any atom is -0.480 e. The average molecular weight is 172 g/mol. The Kier molecular flexibility index (Phi) is 2.21. The summed E-state index contributed by atoms with van der Waals surface area (Å²) in [4.78, 5) is 11.3. The number of carbonyl (C=O) groups is 1. The van der Waals surface area contributed by atoms with E-state index in [9.17, 15) is 4.79 Å². The highest BCUT2D eigenvalue weighted by Crippen LogP contribution is 2.13. The predicted molar refractivity (Wildman–Crippen MR) is 41.4 cm³/mol. The van der Waals surface area contributed by atoms with E-state index in [1.165, 1.54) is 11.5 Å². The van der Waals surface area contributed by atoms with Gasteiger partial charge in [0.25, 0.3) is 0 Å². The minimum absolute atomic E-state index is 0.431. The van der Waals surface area contributed by atoms with Crippen molar-refractivity contribution < 1.29 is 9.90 Å². The Hall–Kier alpha value is -0.940. The molecule has 0 bridgehead atoms. The van der Waals surface area contributed by atoms with E-state index in [-0.39, 0.29) is 0 Å². The third kappa shape index (κ3) is 1.75. The largest absolute Gasteiger partial charge is 0.480 e. The van der Waals surface area contributed by atoms with Gasteiger partial charge in [0.05, 0.1) is 5.69 Å². The van der Waals surface area contributed by atoms with Crippen LogP contribution in [0.25, 0.3) is 0 Å². The molecule has 0 aliphatic heterocycles. The summed E-state index contributed by atoms with van der Waals surface area (Å²) in [5.74, 6) is -1.05. The van der Waals surface area contributed by atoms with Gasteiger partial charge in [-0.05, 0) is 24.5 Å². The fourth-order valence-corrected chi connectivity index (χ4v) is 1.25. The van der Waals surface area contributed by atoms with Crippen LogP contribution < -0.4 is 5.73 Å². The molecule has 0 aliphatic carbocycles. The number of aliphatic carboxylic acids is 1. The molecule has 0 fully saturated rings. The molecule has 1 unspecified atom stereocenters. The zero-order chi connectivity index (χ0) is 8.43. The molecule has 0 amide bonds. The lowest BCUT2D eigenvalue weighted by molar-refractivity contribution is -0.138. The summed E-state index contributed by atoms with van der Waals surface area (Å²) in [5, 5.41) is 8.48. The standard InChI is InChI=1S/C6H8N2O2S/c1-3-2-4(8-11-3)5(7)6(9)10/h2,5H,7H2,1H3,(H,9,10). The first-order chi connectivity index (χ1) is 5.11. The van der Waals surface area contributed by atoms with Crippen molar-refractivity contribution in [3.63, 3.8) is 0 Å². The Morgan fingerprint density at radius 3 is 2.91 bits per heavy atom. The maximum absolute atomic E-state index is 10.3. The quantitative estimate of drug-likeness (QED) is 0.682. The molecular formula is C6H8N2O2S. The molecule has 60 valence electrons. The van der Waals surface area contributed by atoms with Crippen LogP contribution in [0.5, 0.6) is 0 Å².